The molecule has 1 fully saturated rings. The first-order valence-corrected chi connectivity index (χ1v) is 9.05. The van der Waals surface area contributed by atoms with Crippen molar-refractivity contribution in [3.8, 4) is 0 Å². The molecule has 0 aliphatic carbocycles. The van der Waals surface area contributed by atoms with Gasteiger partial charge in [0.15, 0.2) is 0 Å². The summed E-state index contributed by atoms with van der Waals surface area (Å²) in [5.41, 5.74) is 1.05. The zero-order valence-electron chi connectivity index (χ0n) is 13.4. The quantitative estimate of drug-likeness (QED) is 0.782. The van der Waals surface area contributed by atoms with Crippen molar-refractivity contribution in [2.45, 2.75) is 31.1 Å². The van der Waals surface area contributed by atoms with Crippen molar-refractivity contribution >= 4 is 23.6 Å². The number of benzene rings is 1. The molecule has 0 aromatic heterocycles. The summed E-state index contributed by atoms with van der Waals surface area (Å²) in [5.74, 6) is 0.363. The Morgan fingerprint density at radius 1 is 1.00 bits per heavy atom. The standard InChI is InChI=1S/C17H24N2O2S/c1-3-4-16(20)18-9-11-19(12-10-18)17(21)13-14-5-7-15(22-2)8-6-14/h5-8H,3-4,9-13H2,1-2H3. The van der Waals surface area contributed by atoms with Crippen molar-refractivity contribution in [2.75, 3.05) is 32.4 Å². The molecule has 1 aromatic rings. The van der Waals surface area contributed by atoms with E-state index in [4.69, 9.17) is 0 Å². The molecule has 0 bridgehead atoms. The maximum Gasteiger partial charge on any atom is 0.227 e. The second-order valence-corrected chi connectivity index (χ2v) is 6.42. The van der Waals surface area contributed by atoms with E-state index in [1.807, 2.05) is 35.1 Å². The van der Waals surface area contributed by atoms with Crippen LogP contribution >= 0.6 is 11.8 Å². The molecule has 0 N–H and O–H groups in total. The average Bonchev–Trinajstić information content (AvgIpc) is 2.56. The van der Waals surface area contributed by atoms with Crippen LogP contribution in [0.15, 0.2) is 29.2 Å². The Hall–Kier alpha value is -1.49. The van der Waals surface area contributed by atoms with Crippen molar-refractivity contribution in [3.05, 3.63) is 29.8 Å². The van der Waals surface area contributed by atoms with Crippen LogP contribution in [0.2, 0.25) is 0 Å². The zero-order chi connectivity index (χ0) is 15.9. The number of nitrogens with zero attached hydrogens (tertiary/aromatic N) is 2. The highest BCUT2D eigenvalue weighted by atomic mass is 32.2. The maximum absolute atomic E-state index is 12.3. The smallest absolute Gasteiger partial charge is 0.227 e. The number of hydrogen-bond donors (Lipinski definition) is 0. The van der Waals surface area contributed by atoms with Crippen LogP contribution < -0.4 is 0 Å². The molecule has 1 aliphatic heterocycles. The van der Waals surface area contributed by atoms with Gasteiger partial charge in [-0.1, -0.05) is 19.1 Å². The van der Waals surface area contributed by atoms with Crippen molar-refractivity contribution < 1.29 is 9.59 Å². The molecular weight excluding hydrogens is 296 g/mol. The molecule has 0 atom stereocenters. The Bertz CT molecular complexity index is 508. The van der Waals surface area contributed by atoms with E-state index in [0.29, 0.717) is 39.0 Å². The van der Waals surface area contributed by atoms with Crippen LogP contribution in [0.4, 0.5) is 0 Å². The number of amides is 2. The van der Waals surface area contributed by atoms with Crippen LogP contribution in [-0.4, -0.2) is 54.0 Å². The molecule has 0 spiro atoms. The first-order valence-electron chi connectivity index (χ1n) is 7.82. The molecule has 0 unspecified atom stereocenters. The number of rotatable bonds is 5. The molecular formula is C17H24N2O2S. The number of carbonyl (C=O) groups is 2. The van der Waals surface area contributed by atoms with Gasteiger partial charge in [0.25, 0.3) is 0 Å². The van der Waals surface area contributed by atoms with Crippen molar-refractivity contribution in [1.82, 2.24) is 9.80 Å². The molecule has 22 heavy (non-hydrogen) atoms. The van der Waals surface area contributed by atoms with Gasteiger partial charge in [-0.05, 0) is 30.4 Å². The third-order valence-corrected chi connectivity index (χ3v) is 4.71. The van der Waals surface area contributed by atoms with Crippen LogP contribution in [0.3, 0.4) is 0 Å². The highest BCUT2D eigenvalue weighted by Crippen LogP contribution is 2.16. The highest BCUT2D eigenvalue weighted by Gasteiger charge is 2.23. The third-order valence-electron chi connectivity index (χ3n) is 3.96. The lowest BCUT2D eigenvalue weighted by molar-refractivity contribution is -0.139. The van der Waals surface area contributed by atoms with Gasteiger partial charge >= 0.3 is 0 Å². The van der Waals surface area contributed by atoms with Crippen LogP contribution in [0.1, 0.15) is 25.3 Å². The molecule has 1 aromatic carbocycles. The number of thioether (sulfide) groups is 1. The van der Waals surface area contributed by atoms with Crippen LogP contribution in [0.5, 0.6) is 0 Å². The number of piperazine rings is 1. The summed E-state index contributed by atoms with van der Waals surface area (Å²) in [6.45, 7) is 4.64. The van der Waals surface area contributed by atoms with Gasteiger partial charge in [-0.25, -0.2) is 0 Å². The van der Waals surface area contributed by atoms with Gasteiger partial charge < -0.3 is 9.80 Å². The highest BCUT2D eigenvalue weighted by molar-refractivity contribution is 7.98. The normalized spacial score (nSPS) is 15.0. The minimum Gasteiger partial charge on any atom is -0.339 e. The molecule has 5 heteroatoms. The Balaban J connectivity index is 1.83. The molecule has 2 amide bonds. The zero-order valence-corrected chi connectivity index (χ0v) is 14.2. The second-order valence-electron chi connectivity index (χ2n) is 5.54. The summed E-state index contributed by atoms with van der Waals surface area (Å²) in [6, 6.07) is 8.14. The Kier molecular flexibility index (Phi) is 6.31. The van der Waals surface area contributed by atoms with Crippen molar-refractivity contribution in [1.29, 1.82) is 0 Å². The van der Waals surface area contributed by atoms with E-state index in [0.717, 1.165) is 12.0 Å². The molecule has 1 aliphatic rings. The molecule has 2 rings (SSSR count). The van der Waals surface area contributed by atoms with Gasteiger partial charge in [-0.2, -0.15) is 0 Å². The summed E-state index contributed by atoms with van der Waals surface area (Å²) in [6.07, 6.45) is 3.97. The molecule has 4 nitrogen and oxygen atoms in total. The third kappa shape index (κ3) is 4.50. The van der Waals surface area contributed by atoms with Crippen molar-refractivity contribution in [3.63, 3.8) is 0 Å². The first-order chi connectivity index (χ1) is 10.6. The number of carbonyl (C=O) groups excluding carboxylic acids is 2. The van der Waals surface area contributed by atoms with E-state index < -0.39 is 0 Å². The summed E-state index contributed by atoms with van der Waals surface area (Å²) in [5, 5.41) is 0. The van der Waals surface area contributed by atoms with E-state index in [-0.39, 0.29) is 11.8 Å². The van der Waals surface area contributed by atoms with E-state index in [1.54, 1.807) is 11.8 Å². The monoisotopic (exact) mass is 320 g/mol. The summed E-state index contributed by atoms with van der Waals surface area (Å²) in [4.78, 5) is 29.1. The van der Waals surface area contributed by atoms with Gasteiger partial charge in [0.2, 0.25) is 11.8 Å². The Morgan fingerprint density at radius 2 is 1.55 bits per heavy atom. The second kappa shape index (κ2) is 8.22. The maximum atomic E-state index is 12.3. The lowest BCUT2D eigenvalue weighted by atomic mass is 10.1. The largest absolute Gasteiger partial charge is 0.339 e. The van der Waals surface area contributed by atoms with Gasteiger partial charge in [0, 0.05) is 37.5 Å². The topological polar surface area (TPSA) is 40.6 Å². The van der Waals surface area contributed by atoms with Crippen molar-refractivity contribution in [2.24, 2.45) is 0 Å². The number of hydrogen-bond acceptors (Lipinski definition) is 3. The van der Waals surface area contributed by atoms with Gasteiger partial charge in [-0.15, -0.1) is 11.8 Å². The fourth-order valence-electron chi connectivity index (χ4n) is 2.61. The molecule has 1 heterocycles. The van der Waals surface area contributed by atoms with E-state index >= 15 is 0 Å². The predicted octanol–water partition coefficient (Wildman–Crippen LogP) is 2.42. The Labute approximate surface area is 136 Å². The molecule has 0 saturated carbocycles. The molecule has 120 valence electrons. The summed E-state index contributed by atoms with van der Waals surface area (Å²) < 4.78 is 0. The molecule has 1 saturated heterocycles. The van der Waals surface area contributed by atoms with Crippen LogP contribution in [-0.2, 0) is 16.0 Å². The van der Waals surface area contributed by atoms with E-state index in [2.05, 4.69) is 12.1 Å². The minimum atomic E-state index is 0.152. The summed E-state index contributed by atoms with van der Waals surface area (Å²) in [7, 11) is 0. The average molecular weight is 320 g/mol. The molecule has 0 radical (unpaired) electrons. The van der Waals surface area contributed by atoms with E-state index in [1.165, 1.54) is 4.90 Å². The first kappa shape index (κ1) is 16.9. The fraction of sp³-hybridized carbons (Fsp3) is 0.529. The lowest BCUT2D eigenvalue weighted by Gasteiger charge is -2.35. The SMILES string of the molecule is CCCC(=O)N1CCN(C(=O)Cc2ccc(SC)cc2)CC1. The Morgan fingerprint density at radius 3 is 2.05 bits per heavy atom. The lowest BCUT2D eigenvalue weighted by Crippen LogP contribution is -2.50. The van der Waals surface area contributed by atoms with Crippen LogP contribution in [0, 0.1) is 0 Å². The van der Waals surface area contributed by atoms with Crippen LogP contribution in [0.25, 0.3) is 0 Å². The van der Waals surface area contributed by atoms with Gasteiger partial charge in [0.05, 0.1) is 6.42 Å². The fourth-order valence-corrected chi connectivity index (χ4v) is 3.02. The predicted molar refractivity (Wildman–Crippen MR) is 90.0 cm³/mol. The van der Waals surface area contributed by atoms with Gasteiger partial charge in [-0.3, -0.25) is 9.59 Å². The van der Waals surface area contributed by atoms with Gasteiger partial charge in [0.1, 0.15) is 0 Å². The van der Waals surface area contributed by atoms with E-state index in [9.17, 15) is 9.59 Å². The summed E-state index contributed by atoms with van der Waals surface area (Å²) >= 11 is 1.70. The minimum absolute atomic E-state index is 0.152.